The fraction of sp³-hybridized carbons (Fsp3) is 0.875. The number of amides is 1. The lowest BCUT2D eigenvalue weighted by Gasteiger charge is -2.24. The van der Waals surface area contributed by atoms with Crippen molar-refractivity contribution in [3.8, 4) is 0 Å². The van der Waals surface area contributed by atoms with Crippen LogP contribution in [0, 0.1) is 0 Å². The Bertz CT molecular complexity index is 282. The van der Waals surface area contributed by atoms with Crippen LogP contribution in [-0.2, 0) is 18.0 Å². The lowest BCUT2D eigenvalue weighted by molar-refractivity contribution is -0.153. The molecule has 0 aromatic heterocycles. The molecule has 0 aromatic carbocycles. The van der Waals surface area contributed by atoms with Gasteiger partial charge in [0.1, 0.15) is 0 Å². The van der Waals surface area contributed by atoms with Gasteiger partial charge in [-0.3, -0.25) is 0 Å². The number of halogens is 4. The van der Waals surface area contributed by atoms with E-state index in [1.54, 1.807) is 0 Å². The molecule has 0 saturated carbocycles. The second-order valence-electron chi connectivity index (χ2n) is 3.29. The van der Waals surface area contributed by atoms with Gasteiger partial charge in [0.05, 0.1) is 6.17 Å². The Morgan fingerprint density at radius 3 is 2.05 bits per heavy atom. The molecule has 0 bridgehead atoms. The minimum absolute atomic E-state index is 0.254. The predicted octanol–water partition coefficient (Wildman–Crippen LogP) is 1.03. The molecule has 0 aliphatic carbocycles. The van der Waals surface area contributed by atoms with Crippen molar-refractivity contribution in [2.75, 3.05) is 34.1 Å². The van der Waals surface area contributed by atoms with Gasteiger partial charge in [0, 0.05) is 21.3 Å². The lowest BCUT2D eigenvalue weighted by Crippen LogP contribution is -2.53. The first kappa shape index (κ1) is 18.1. The molecule has 0 rings (SSSR count). The average molecular weight is 309 g/mol. The maximum Gasteiger partial charge on any atom is 0.520 e. The zero-order valence-electron chi connectivity index (χ0n) is 10.5. The normalized spacial score (nSPS) is 12.6. The van der Waals surface area contributed by atoms with Gasteiger partial charge in [-0.2, -0.15) is 8.78 Å². The van der Waals surface area contributed by atoms with Crippen molar-refractivity contribution in [3.05, 3.63) is 0 Å². The molecule has 19 heavy (non-hydrogen) atoms. The topological polar surface area (TPSA) is 66.0 Å². The van der Waals surface area contributed by atoms with Crippen LogP contribution < -0.4 is 5.32 Å². The van der Waals surface area contributed by atoms with E-state index in [0.29, 0.717) is 0 Å². The van der Waals surface area contributed by atoms with Gasteiger partial charge in [0.2, 0.25) is 0 Å². The standard InChI is InChI=1S/C8H15F4NO5Si/c1-15-19(16-2,17-3)5-13-7(14)18-4-8(11,12)6(9)10/h6H,4-5H2,1-3H3,(H,13,14). The summed E-state index contributed by atoms with van der Waals surface area (Å²) in [4.78, 5) is 11.1. The van der Waals surface area contributed by atoms with Crippen LogP contribution in [0.1, 0.15) is 0 Å². The summed E-state index contributed by atoms with van der Waals surface area (Å²) in [6.07, 6.45) is -5.47. The highest BCUT2D eigenvalue weighted by molar-refractivity contribution is 6.61. The third kappa shape index (κ3) is 5.72. The molecule has 0 fully saturated rings. The zero-order valence-corrected chi connectivity index (χ0v) is 11.5. The third-order valence-electron chi connectivity index (χ3n) is 2.10. The van der Waals surface area contributed by atoms with E-state index in [2.05, 4.69) is 4.74 Å². The van der Waals surface area contributed by atoms with Gasteiger partial charge in [-0.15, -0.1) is 0 Å². The van der Waals surface area contributed by atoms with Crippen LogP contribution in [0.2, 0.25) is 0 Å². The first-order chi connectivity index (χ1) is 8.73. The Kier molecular flexibility index (Phi) is 7.26. The molecule has 0 aliphatic rings. The number of rotatable bonds is 8. The van der Waals surface area contributed by atoms with Crippen molar-refractivity contribution in [2.45, 2.75) is 12.3 Å². The molecule has 1 N–H and O–H groups in total. The van der Waals surface area contributed by atoms with E-state index in [4.69, 9.17) is 13.3 Å². The summed E-state index contributed by atoms with van der Waals surface area (Å²) in [7, 11) is 0.700. The fourth-order valence-corrected chi connectivity index (χ4v) is 2.22. The van der Waals surface area contributed by atoms with Crippen LogP contribution in [0.4, 0.5) is 22.4 Å². The molecule has 0 atom stereocenters. The highest BCUT2D eigenvalue weighted by atomic mass is 28.4. The van der Waals surface area contributed by atoms with Crippen LogP contribution >= 0.6 is 0 Å². The molecule has 6 nitrogen and oxygen atoms in total. The van der Waals surface area contributed by atoms with Crippen LogP contribution in [0.25, 0.3) is 0 Å². The molecule has 0 radical (unpaired) electrons. The second-order valence-corrected chi connectivity index (χ2v) is 6.23. The van der Waals surface area contributed by atoms with E-state index in [-0.39, 0.29) is 6.17 Å². The fourth-order valence-electron chi connectivity index (χ4n) is 0.923. The van der Waals surface area contributed by atoms with Gasteiger partial charge in [0.25, 0.3) is 0 Å². The van der Waals surface area contributed by atoms with Gasteiger partial charge >= 0.3 is 27.2 Å². The molecular formula is C8H15F4NO5Si. The Morgan fingerprint density at radius 1 is 1.21 bits per heavy atom. The van der Waals surface area contributed by atoms with Crippen LogP contribution in [0.3, 0.4) is 0 Å². The molecule has 114 valence electrons. The number of alkyl carbamates (subject to hydrolysis) is 1. The van der Waals surface area contributed by atoms with E-state index in [1.807, 2.05) is 5.32 Å². The Labute approximate surface area is 108 Å². The summed E-state index contributed by atoms with van der Waals surface area (Å²) in [5.41, 5.74) is 0. The minimum Gasteiger partial charge on any atom is -0.443 e. The monoisotopic (exact) mass is 309 g/mol. The summed E-state index contributed by atoms with van der Waals surface area (Å²) < 4.78 is 67.2. The maximum absolute atomic E-state index is 12.5. The number of hydrogen-bond acceptors (Lipinski definition) is 5. The highest BCUT2D eigenvalue weighted by Crippen LogP contribution is 2.22. The minimum atomic E-state index is -4.39. The number of alkyl halides is 4. The van der Waals surface area contributed by atoms with Gasteiger partial charge in [-0.1, -0.05) is 0 Å². The van der Waals surface area contributed by atoms with E-state index in [0.717, 1.165) is 0 Å². The highest BCUT2D eigenvalue weighted by Gasteiger charge is 2.43. The smallest absolute Gasteiger partial charge is 0.443 e. The molecule has 1 amide bonds. The quantitative estimate of drug-likeness (QED) is 0.536. The van der Waals surface area contributed by atoms with Crippen molar-refractivity contribution < 1.29 is 40.4 Å². The van der Waals surface area contributed by atoms with Gasteiger partial charge in [-0.05, 0) is 0 Å². The molecule has 0 saturated heterocycles. The molecule has 0 aromatic rings. The van der Waals surface area contributed by atoms with E-state index in [1.165, 1.54) is 21.3 Å². The summed E-state index contributed by atoms with van der Waals surface area (Å²) in [5.74, 6) is -4.39. The molecule has 0 aliphatic heterocycles. The third-order valence-corrected chi connectivity index (χ3v) is 4.57. The predicted molar refractivity (Wildman–Crippen MR) is 57.1 cm³/mol. The molecular weight excluding hydrogens is 294 g/mol. The van der Waals surface area contributed by atoms with E-state index >= 15 is 0 Å². The first-order valence-corrected chi connectivity index (χ1v) is 6.88. The number of carbonyl (C=O) groups is 1. The Morgan fingerprint density at radius 2 is 1.68 bits per heavy atom. The number of ether oxygens (including phenoxy) is 1. The number of nitrogens with one attached hydrogen (secondary N) is 1. The first-order valence-electron chi connectivity index (χ1n) is 4.95. The molecule has 11 heteroatoms. The lowest BCUT2D eigenvalue weighted by atomic mass is 10.4. The molecule has 0 unspecified atom stereocenters. The van der Waals surface area contributed by atoms with Crippen molar-refractivity contribution in [1.82, 2.24) is 5.32 Å². The maximum atomic E-state index is 12.5. The Hall–Kier alpha value is -0.913. The summed E-state index contributed by atoms with van der Waals surface area (Å²) in [5, 5.41) is 2.04. The Balaban J connectivity index is 4.20. The average Bonchev–Trinajstić information content (AvgIpc) is 2.38. The largest absolute Gasteiger partial charge is 0.520 e. The molecule has 0 spiro atoms. The van der Waals surface area contributed by atoms with Gasteiger partial charge in [0.15, 0.2) is 6.61 Å². The van der Waals surface area contributed by atoms with Gasteiger partial charge < -0.3 is 23.3 Å². The summed E-state index contributed by atoms with van der Waals surface area (Å²) in [6.45, 7) is -1.72. The van der Waals surface area contributed by atoms with E-state index in [9.17, 15) is 22.4 Å². The van der Waals surface area contributed by atoms with E-state index < -0.39 is 33.9 Å². The molecule has 0 heterocycles. The second kappa shape index (κ2) is 7.62. The van der Waals surface area contributed by atoms with Crippen molar-refractivity contribution >= 4 is 14.9 Å². The number of hydrogen-bond donors (Lipinski definition) is 1. The van der Waals surface area contributed by atoms with Crippen LogP contribution in [0.5, 0.6) is 0 Å². The van der Waals surface area contributed by atoms with Crippen molar-refractivity contribution in [2.24, 2.45) is 0 Å². The van der Waals surface area contributed by atoms with Crippen molar-refractivity contribution in [3.63, 3.8) is 0 Å². The summed E-state index contributed by atoms with van der Waals surface area (Å²) in [6, 6.07) is 0. The number of carbonyl (C=O) groups excluding carboxylic acids is 1. The van der Waals surface area contributed by atoms with Gasteiger partial charge in [-0.25, -0.2) is 13.6 Å². The zero-order chi connectivity index (χ0) is 15.1. The van der Waals surface area contributed by atoms with Crippen LogP contribution in [0.15, 0.2) is 0 Å². The van der Waals surface area contributed by atoms with Crippen molar-refractivity contribution in [1.29, 1.82) is 0 Å². The SMILES string of the molecule is CO[Si](CNC(=O)OCC(F)(F)C(F)F)(OC)OC. The summed E-state index contributed by atoms with van der Waals surface area (Å²) >= 11 is 0. The van der Waals surface area contributed by atoms with Crippen LogP contribution in [-0.4, -0.2) is 61.3 Å².